The Hall–Kier alpha value is -2.81. The normalized spacial score (nSPS) is 11.7. The van der Waals surface area contributed by atoms with Gasteiger partial charge in [0, 0.05) is 29.7 Å². The number of carbonyl (C=O) groups excluding carboxylic acids is 1. The lowest BCUT2D eigenvalue weighted by Crippen LogP contribution is -2.17. The maximum atomic E-state index is 12.8. The first kappa shape index (κ1) is 21.4. The van der Waals surface area contributed by atoms with Crippen LogP contribution in [-0.4, -0.2) is 29.9 Å². The number of halogens is 1. The fraction of sp³-hybridized carbons (Fsp3) is 0.136. The third kappa shape index (κ3) is 4.61. The standard InChI is InChI=1S/C22H17ClN2O4S2/c1-13-2-4-18-16(8-13)22(27)17(11-25-18)19-5-3-14(10-24-19)9-15(26)12-31(28,29)21-7-6-20(23)30-21/h2-8,10-11H,9,12H2,1H3,(H,25,27). The predicted octanol–water partition coefficient (Wildman–Crippen LogP) is 4.20. The Morgan fingerprint density at radius 2 is 1.97 bits per heavy atom. The van der Waals surface area contributed by atoms with Crippen molar-refractivity contribution in [2.24, 2.45) is 0 Å². The summed E-state index contributed by atoms with van der Waals surface area (Å²) in [6, 6.07) is 11.8. The molecule has 9 heteroatoms. The van der Waals surface area contributed by atoms with E-state index in [1.54, 1.807) is 18.3 Å². The molecule has 3 aromatic heterocycles. The van der Waals surface area contributed by atoms with E-state index >= 15 is 0 Å². The molecular formula is C22H17ClN2O4S2. The van der Waals surface area contributed by atoms with Gasteiger partial charge in [-0.05, 0) is 42.8 Å². The van der Waals surface area contributed by atoms with Gasteiger partial charge in [-0.1, -0.05) is 29.3 Å². The molecule has 4 rings (SSSR count). The van der Waals surface area contributed by atoms with Gasteiger partial charge in [-0.2, -0.15) is 0 Å². The molecule has 0 fully saturated rings. The largest absolute Gasteiger partial charge is 0.360 e. The summed E-state index contributed by atoms with van der Waals surface area (Å²) < 4.78 is 25.1. The van der Waals surface area contributed by atoms with Crippen LogP contribution < -0.4 is 5.43 Å². The van der Waals surface area contributed by atoms with E-state index in [1.807, 2.05) is 25.1 Å². The average Bonchev–Trinajstić information content (AvgIpc) is 3.16. The second-order valence-corrected chi connectivity index (χ2v) is 11.1. The second-order valence-electron chi connectivity index (χ2n) is 7.17. The number of benzene rings is 1. The first-order valence-corrected chi connectivity index (χ1v) is 12.1. The van der Waals surface area contributed by atoms with E-state index in [2.05, 4.69) is 9.97 Å². The lowest BCUT2D eigenvalue weighted by atomic mass is 10.1. The van der Waals surface area contributed by atoms with Crippen LogP contribution in [0.4, 0.5) is 0 Å². The molecular weight excluding hydrogens is 456 g/mol. The molecule has 0 saturated heterocycles. The van der Waals surface area contributed by atoms with Crippen LogP contribution in [0.15, 0.2) is 63.9 Å². The molecule has 1 N–H and O–H groups in total. The van der Waals surface area contributed by atoms with Gasteiger partial charge in [-0.3, -0.25) is 14.6 Å². The van der Waals surface area contributed by atoms with E-state index in [1.165, 1.54) is 18.3 Å². The summed E-state index contributed by atoms with van der Waals surface area (Å²) in [6.45, 7) is 1.92. The summed E-state index contributed by atoms with van der Waals surface area (Å²) in [7, 11) is -3.72. The van der Waals surface area contributed by atoms with Crippen molar-refractivity contribution < 1.29 is 13.2 Å². The molecule has 31 heavy (non-hydrogen) atoms. The predicted molar refractivity (Wildman–Crippen MR) is 123 cm³/mol. The number of fused-ring (bicyclic) bond motifs is 1. The zero-order chi connectivity index (χ0) is 22.2. The number of thiophene rings is 1. The average molecular weight is 473 g/mol. The van der Waals surface area contributed by atoms with E-state index in [4.69, 9.17) is 11.6 Å². The first-order valence-electron chi connectivity index (χ1n) is 9.30. The van der Waals surface area contributed by atoms with Gasteiger partial charge in [0.25, 0.3) is 0 Å². The Morgan fingerprint density at radius 1 is 1.16 bits per heavy atom. The van der Waals surface area contributed by atoms with Gasteiger partial charge in [-0.15, -0.1) is 11.3 Å². The number of Topliss-reactive ketones (excluding diaryl/α,β-unsaturated/α-hetero) is 1. The van der Waals surface area contributed by atoms with Crippen molar-refractivity contribution in [3.63, 3.8) is 0 Å². The quantitative estimate of drug-likeness (QED) is 0.453. The van der Waals surface area contributed by atoms with Crippen LogP contribution >= 0.6 is 22.9 Å². The third-order valence-electron chi connectivity index (χ3n) is 4.74. The van der Waals surface area contributed by atoms with Crippen molar-refractivity contribution in [2.75, 3.05) is 5.75 Å². The van der Waals surface area contributed by atoms with Gasteiger partial charge >= 0.3 is 0 Å². The van der Waals surface area contributed by atoms with Crippen LogP contribution in [0.25, 0.3) is 22.2 Å². The van der Waals surface area contributed by atoms with E-state index < -0.39 is 21.4 Å². The Balaban J connectivity index is 1.52. The monoisotopic (exact) mass is 472 g/mol. The van der Waals surface area contributed by atoms with Crippen molar-refractivity contribution in [3.05, 3.63) is 80.5 Å². The smallest absolute Gasteiger partial charge is 0.198 e. The number of pyridine rings is 2. The highest BCUT2D eigenvalue weighted by Crippen LogP contribution is 2.26. The number of carbonyl (C=O) groups is 1. The van der Waals surface area contributed by atoms with Gasteiger partial charge in [0.1, 0.15) is 9.96 Å². The number of nitrogens with zero attached hydrogens (tertiary/aromatic N) is 1. The summed E-state index contributed by atoms with van der Waals surface area (Å²) in [5, 5.41) is 0.581. The highest BCUT2D eigenvalue weighted by molar-refractivity contribution is 7.94. The molecule has 3 heterocycles. The van der Waals surface area contributed by atoms with Crippen molar-refractivity contribution in [2.45, 2.75) is 17.6 Å². The van der Waals surface area contributed by atoms with E-state index in [0.29, 0.717) is 26.5 Å². The maximum absolute atomic E-state index is 12.8. The van der Waals surface area contributed by atoms with Crippen LogP contribution in [0.5, 0.6) is 0 Å². The van der Waals surface area contributed by atoms with E-state index in [0.717, 1.165) is 22.4 Å². The first-order chi connectivity index (χ1) is 14.7. The Bertz CT molecular complexity index is 1460. The van der Waals surface area contributed by atoms with Crippen LogP contribution in [0.2, 0.25) is 4.34 Å². The summed E-state index contributed by atoms with van der Waals surface area (Å²) in [5.74, 6) is -1.05. The summed E-state index contributed by atoms with van der Waals surface area (Å²) >= 11 is 6.71. The Labute approximate surface area is 187 Å². The fourth-order valence-corrected chi connectivity index (χ4v) is 6.05. The van der Waals surface area contributed by atoms with Crippen molar-refractivity contribution in [1.29, 1.82) is 0 Å². The van der Waals surface area contributed by atoms with Gasteiger partial charge < -0.3 is 4.98 Å². The number of rotatable bonds is 6. The molecule has 158 valence electrons. The van der Waals surface area contributed by atoms with Gasteiger partial charge in [0.05, 0.1) is 15.6 Å². The molecule has 4 aromatic rings. The molecule has 0 spiro atoms. The van der Waals surface area contributed by atoms with Crippen LogP contribution in [-0.2, 0) is 21.1 Å². The van der Waals surface area contributed by atoms with Crippen LogP contribution in [0.3, 0.4) is 0 Å². The molecule has 1 aromatic carbocycles. The number of ketones is 1. The topological polar surface area (TPSA) is 97.0 Å². The lowest BCUT2D eigenvalue weighted by Gasteiger charge is -2.06. The molecule has 0 bridgehead atoms. The van der Waals surface area contributed by atoms with Crippen LogP contribution in [0.1, 0.15) is 11.1 Å². The summed E-state index contributed by atoms with van der Waals surface area (Å²) in [5.41, 5.74) is 3.07. The molecule has 6 nitrogen and oxygen atoms in total. The molecule has 0 aliphatic carbocycles. The second kappa shape index (κ2) is 8.37. The van der Waals surface area contributed by atoms with Gasteiger partial charge in [0.2, 0.25) is 0 Å². The van der Waals surface area contributed by atoms with Crippen molar-refractivity contribution in [3.8, 4) is 11.3 Å². The molecule has 0 amide bonds. The number of aryl methyl sites for hydroxylation is 1. The summed E-state index contributed by atoms with van der Waals surface area (Å²) in [4.78, 5) is 32.6. The van der Waals surface area contributed by atoms with E-state index in [-0.39, 0.29) is 16.1 Å². The zero-order valence-corrected chi connectivity index (χ0v) is 18.8. The molecule has 0 unspecified atom stereocenters. The number of sulfone groups is 1. The Morgan fingerprint density at radius 3 is 2.65 bits per heavy atom. The van der Waals surface area contributed by atoms with Crippen LogP contribution in [0, 0.1) is 6.92 Å². The van der Waals surface area contributed by atoms with Gasteiger partial charge in [-0.25, -0.2) is 8.42 Å². The molecule has 0 saturated carbocycles. The number of hydrogen-bond donors (Lipinski definition) is 1. The Kier molecular flexibility index (Phi) is 5.79. The minimum Gasteiger partial charge on any atom is -0.360 e. The molecule has 0 aliphatic heterocycles. The SMILES string of the molecule is Cc1ccc2[nH]cc(-c3ccc(CC(=O)CS(=O)(=O)c4ccc(Cl)s4)cn3)c(=O)c2c1. The highest BCUT2D eigenvalue weighted by atomic mass is 35.5. The van der Waals surface area contributed by atoms with E-state index in [9.17, 15) is 18.0 Å². The van der Waals surface area contributed by atoms with Crippen molar-refractivity contribution >= 4 is 49.5 Å². The number of hydrogen-bond acceptors (Lipinski definition) is 6. The minimum atomic E-state index is -3.72. The third-order valence-corrected chi connectivity index (χ3v) is 8.23. The highest BCUT2D eigenvalue weighted by Gasteiger charge is 2.21. The molecule has 0 radical (unpaired) electrons. The zero-order valence-electron chi connectivity index (χ0n) is 16.4. The number of nitrogens with one attached hydrogen (secondary N) is 1. The van der Waals surface area contributed by atoms with Crippen molar-refractivity contribution in [1.82, 2.24) is 9.97 Å². The maximum Gasteiger partial charge on any atom is 0.198 e. The number of aromatic nitrogens is 2. The fourth-order valence-electron chi connectivity index (χ4n) is 3.24. The molecule has 0 aliphatic rings. The lowest BCUT2D eigenvalue weighted by molar-refractivity contribution is -0.116. The number of H-pyrrole nitrogens is 1. The number of aromatic amines is 1. The molecule has 0 atom stereocenters. The van der Waals surface area contributed by atoms with Gasteiger partial charge in [0.15, 0.2) is 21.0 Å². The summed E-state index contributed by atoms with van der Waals surface area (Å²) in [6.07, 6.45) is 3.03. The minimum absolute atomic E-state index is 0.0705.